The first-order chi connectivity index (χ1) is 25.1. The first-order valence-electron chi connectivity index (χ1n) is 18.2. The minimum Gasteiger partial charge on any atom is -0.481 e. The van der Waals surface area contributed by atoms with E-state index in [1.807, 2.05) is 0 Å². The van der Waals surface area contributed by atoms with Gasteiger partial charge in [0.1, 0.15) is 19.3 Å². The average Bonchev–Trinajstić information content (AvgIpc) is 3.08. The molecule has 0 fully saturated rings. The predicted octanol–water partition coefficient (Wildman–Crippen LogP) is 0.502. The third kappa shape index (κ3) is 27.8. The van der Waals surface area contributed by atoms with Gasteiger partial charge >= 0.3 is 11.9 Å². The van der Waals surface area contributed by atoms with E-state index >= 15 is 0 Å². The van der Waals surface area contributed by atoms with Gasteiger partial charge in [0.15, 0.2) is 0 Å². The van der Waals surface area contributed by atoms with Gasteiger partial charge in [-0.15, -0.1) is 0 Å². The second kappa shape index (κ2) is 30.0. The average molecular weight is 765 g/mol. The molecule has 0 rings (SSSR count). The Balaban J connectivity index is 3.72. The number of carbonyl (C=O) groups excluding carboxylic acids is 4. The van der Waals surface area contributed by atoms with E-state index in [2.05, 4.69) is 28.2 Å². The van der Waals surface area contributed by atoms with Crippen molar-refractivity contribution in [2.24, 2.45) is 10.8 Å². The molecule has 0 bridgehead atoms. The summed E-state index contributed by atoms with van der Waals surface area (Å²) >= 11 is 0. The molecule has 1 unspecified atom stereocenters. The molecule has 6 N–H and O–H groups in total. The standard InChI is InChI=1S/C35H64N4O14/c1-6-7-8-11-36-29(41)24-52-22-20-51-19-17-49-15-13-38-30(42)25-53-23-21-50-18-16-48-14-12-37-28(40)10-9-27(31(43)44)39-32(45)34(2,3)26-35(4,5)33(46)47/h27H,6-26H2,1-5H3,(H,36,41)(H,37,40)(H,38,42)(H,39,45)(H,43,44)(H,46,47). The van der Waals surface area contributed by atoms with Crippen molar-refractivity contribution >= 4 is 35.6 Å². The van der Waals surface area contributed by atoms with E-state index in [4.69, 9.17) is 28.4 Å². The third-order valence-corrected chi connectivity index (χ3v) is 7.53. The lowest BCUT2D eigenvalue weighted by molar-refractivity contribution is -0.151. The Hall–Kier alpha value is -3.42. The fraction of sp³-hybridized carbons (Fsp3) is 0.829. The minimum atomic E-state index is -1.31. The Bertz CT molecular complexity index is 1070. The lowest BCUT2D eigenvalue weighted by Crippen LogP contribution is -2.48. The van der Waals surface area contributed by atoms with E-state index in [0.717, 1.165) is 19.3 Å². The maximum absolute atomic E-state index is 12.7. The molecule has 18 heteroatoms. The molecule has 0 aliphatic carbocycles. The normalized spacial score (nSPS) is 12.2. The lowest BCUT2D eigenvalue weighted by atomic mass is 9.74. The van der Waals surface area contributed by atoms with Gasteiger partial charge in [-0.1, -0.05) is 33.6 Å². The van der Waals surface area contributed by atoms with Gasteiger partial charge in [0.2, 0.25) is 23.6 Å². The number of hydrogen-bond acceptors (Lipinski definition) is 12. The molecular weight excluding hydrogens is 700 g/mol. The summed E-state index contributed by atoms with van der Waals surface area (Å²) in [7, 11) is 0. The molecule has 18 nitrogen and oxygen atoms in total. The van der Waals surface area contributed by atoms with Crippen LogP contribution in [0.2, 0.25) is 0 Å². The number of aliphatic carboxylic acids is 2. The highest BCUT2D eigenvalue weighted by Crippen LogP contribution is 2.34. The molecule has 0 aliphatic heterocycles. The van der Waals surface area contributed by atoms with Gasteiger partial charge in [-0.05, 0) is 33.1 Å². The predicted molar refractivity (Wildman–Crippen MR) is 192 cm³/mol. The fourth-order valence-corrected chi connectivity index (χ4v) is 4.68. The molecule has 4 amide bonds. The van der Waals surface area contributed by atoms with Crippen molar-refractivity contribution < 1.29 is 67.4 Å². The molecule has 0 heterocycles. The number of ether oxygens (including phenoxy) is 6. The van der Waals surface area contributed by atoms with E-state index in [-0.39, 0.29) is 83.9 Å². The van der Waals surface area contributed by atoms with Crippen LogP contribution in [-0.4, -0.2) is 151 Å². The van der Waals surface area contributed by atoms with Crippen LogP contribution in [0.1, 0.15) is 73.1 Å². The summed E-state index contributed by atoms with van der Waals surface area (Å²) in [5, 5.41) is 29.4. The zero-order chi connectivity index (χ0) is 40.0. The SMILES string of the molecule is CCCCCNC(=O)COCCOCCOCCNC(=O)COCCOCCOCCNC(=O)CCC(NC(=O)C(C)(C)CC(C)(C)C(=O)O)C(=O)O. The van der Waals surface area contributed by atoms with Gasteiger partial charge in [0, 0.05) is 31.5 Å². The molecule has 0 spiro atoms. The molecule has 0 saturated heterocycles. The maximum Gasteiger partial charge on any atom is 0.326 e. The van der Waals surface area contributed by atoms with Crippen molar-refractivity contribution in [1.29, 1.82) is 0 Å². The quantitative estimate of drug-likeness (QED) is 0.0482. The molecule has 0 radical (unpaired) electrons. The van der Waals surface area contributed by atoms with E-state index in [0.29, 0.717) is 46.1 Å². The van der Waals surface area contributed by atoms with E-state index in [9.17, 15) is 39.0 Å². The third-order valence-electron chi connectivity index (χ3n) is 7.53. The topological polar surface area (TPSA) is 246 Å². The summed E-state index contributed by atoms with van der Waals surface area (Å²) in [4.78, 5) is 71.4. The Labute approximate surface area is 313 Å². The van der Waals surface area contributed by atoms with Gasteiger partial charge < -0.3 is 59.9 Å². The van der Waals surface area contributed by atoms with Crippen LogP contribution in [0, 0.1) is 10.8 Å². The van der Waals surface area contributed by atoms with Crippen molar-refractivity contribution in [2.75, 3.05) is 98.9 Å². The van der Waals surface area contributed by atoms with Crippen LogP contribution >= 0.6 is 0 Å². The molecular formula is C35H64N4O14. The zero-order valence-electron chi connectivity index (χ0n) is 32.2. The van der Waals surface area contributed by atoms with Crippen molar-refractivity contribution in [3.63, 3.8) is 0 Å². The van der Waals surface area contributed by atoms with E-state index in [1.54, 1.807) is 13.8 Å². The van der Waals surface area contributed by atoms with Gasteiger partial charge in [-0.2, -0.15) is 0 Å². The van der Waals surface area contributed by atoms with Crippen molar-refractivity contribution in [2.45, 2.75) is 79.2 Å². The molecule has 53 heavy (non-hydrogen) atoms. The van der Waals surface area contributed by atoms with Gasteiger partial charge in [0.05, 0.1) is 71.5 Å². The maximum atomic E-state index is 12.7. The van der Waals surface area contributed by atoms with Gasteiger partial charge in [-0.3, -0.25) is 24.0 Å². The molecule has 1 atom stereocenters. The minimum absolute atomic E-state index is 0.00943. The highest BCUT2D eigenvalue weighted by Gasteiger charge is 2.40. The van der Waals surface area contributed by atoms with Crippen LogP contribution < -0.4 is 21.3 Å². The highest BCUT2D eigenvalue weighted by atomic mass is 16.6. The number of nitrogens with one attached hydrogen (secondary N) is 4. The molecule has 0 saturated carbocycles. The van der Waals surface area contributed by atoms with Crippen LogP contribution in [0.15, 0.2) is 0 Å². The lowest BCUT2D eigenvalue weighted by Gasteiger charge is -2.32. The number of unbranched alkanes of at least 4 members (excludes halogenated alkanes) is 2. The number of rotatable bonds is 35. The first kappa shape index (κ1) is 49.6. The molecule has 0 aromatic carbocycles. The van der Waals surface area contributed by atoms with Gasteiger partial charge in [0.25, 0.3) is 0 Å². The monoisotopic (exact) mass is 764 g/mol. The van der Waals surface area contributed by atoms with Gasteiger partial charge in [-0.25, -0.2) is 4.79 Å². The highest BCUT2D eigenvalue weighted by molar-refractivity contribution is 5.88. The van der Waals surface area contributed by atoms with E-state index < -0.39 is 40.6 Å². The number of amides is 4. The number of hydrogen-bond donors (Lipinski definition) is 6. The molecule has 0 aromatic rings. The van der Waals surface area contributed by atoms with E-state index in [1.165, 1.54) is 13.8 Å². The summed E-state index contributed by atoms with van der Waals surface area (Å²) in [6.07, 6.45) is 2.85. The van der Waals surface area contributed by atoms with Crippen LogP contribution in [-0.2, 0) is 57.2 Å². The molecule has 0 aliphatic rings. The van der Waals surface area contributed by atoms with Crippen LogP contribution in [0.4, 0.5) is 0 Å². The van der Waals surface area contributed by atoms with Crippen molar-refractivity contribution in [3.05, 3.63) is 0 Å². The number of carbonyl (C=O) groups is 6. The van der Waals surface area contributed by atoms with Crippen molar-refractivity contribution in [3.8, 4) is 0 Å². The smallest absolute Gasteiger partial charge is 0.326 e. The Morgan fingerprint density at radius 1 is 0.566 bits per heavy atom. The number of carboxylic acid groups (broad SMARTS) is 2. The zero-order valence-corrected chi connectivity index (χ0v) is 32.2. The summed E-state index contributed by atoms with van der Waals surface area (Å²) in [6.45, 7) is 12.1. The van der Waals surface area contributed by atoms with Crippen LogP contribution in [0.25, 0.3) is 0 Å². The summed E-state index contributed by atoms with van der Waals surface area (Å²) < 4.78 is 32.1. The molecule has 308 valence electrons. The summed E-state index contributed by atoms with van der Waals surface area (Å²) in [6, 6.07) is -1.31. The van der Waals surface area contributed by atoms with Crippen molar-refractivity contribution in [1.82, 2.24) is 21.3 Å². The number of carboxylic acids is 2. The van der Waals surface area contributed by atoms with Crippen LogP contribution in [0.3, 0.4) is 0 Å². The second-order valence-electron chi connectivity index (χ2n) is 13.5. The first-order valence-corrected chi connectivity index (χ1v) is 18.2. The Morgan fingerprint density at radius 3 is 1.45 bits per heavy atom. The molecule has 0 aromatic heterocycles. The van der Waals surface area contributed by atoms with Crippen LogP contribution in [0.5, 0.6) is 0 Å². The summed E-state index contributed by atoms with van der Waals surface area (Å²) in [5.74, 6) is -3.81. The summed E-state index contributed by atoms with van der Waals surface area (Å²) in [5.41, 5.74) is -2.34. The Kier molecular flexibility index (Phi) is 28.0. The largest absolute Gasteiger partial charge is 0.481 e. The fourth-order valence-electron chi connectivity index (χ4n) is 4.68. The Morgan fingerprint density at radius 2 is 1.00 bits per heavy atom. The second-order valence-corrected chi connectivity index (χ2v) is 13.5.